The SMILES string of the molecule is O=C(O)C[C@H](Cc1ccccc1)NS(=O)(=O)c1ccc([N+](=O)[O-])cc1. The molecule has 2 rings (SSSR count). The van der Waals surface area contributed by atoms with Gasteiger partial charge in [0.1, 0.15) is 0 Å². The second-order valence-electron chi connectivity index (χ2n) is 5.36. The summed E-state index contributed by atoms with van der Waals surface area (Å²) in [5.74, 6) is -1.13. The third kappa shape index (κ3) is 5.37. The van der Waals surface area contributed by atoms with Crippen LogP contribution in [0.3, 0.4) is 0 Å². The Balaban J connectivity index is 2.20. The molecule has 0 spiro atoms. The van der Waals surface area contributed by atoms with Crippen LogP contribution in [0.5, 0.6) is 0 Å². The summed E-state index contributed by atoms with van der Waals surface area (Å²) in [6.07, 6.45) is -0.180. The van der Waals surface area contributed by atoms with Crippen molar-refractivity contribution in [2.75, 3.05) is 0 Å². The fourth-order valence-electron chi connectivity index (χ4n) is 2.30. The smallest absolute Gasteiger partial charge is 0.304 e. The molecule has 0 unspecified atom stereocenters. The molecule has 132 valence electrons. The lowest BCUT2D eigenvalue weighted by atomic mass is 10.0. The van der Waals surface area contributed by atoms with Crippen molar-refractivity contribution < 1.29 is 23.2 Å². The van der Waals surface area contributed by atoms with Crippen molar-refractivity contribution in [3.05, 3.63) is 70.3 Å². The van der Waals surface area contributed by atoms with Gasteiger partial charge in [-0.1, -0.05) is 30.3 Å². The molecule has 0 amide bonds. The zero-order chi connectivity index (χ0) is 18.4. The lowest BCUT2D eigenvalue weighted by Gasteiger charge is -2.17. The average Bonchev–Trinajstić information content (AvgIpc) is 2.55. The van der Waals surface area contributed by atoms with E-state index in [2.05, 4.69) is 4.72 Å². The van der Waals surface area contributed by atoms with Gasteiger partial charge >= 0.3 is 5.97 Å². The number of sulfonamides is 1. The monoisotopic (exact) mass is 364 g/mol. The highest BCUT2D eigenvalue weighted by Crippen LogP contribution is 2.17. The van der Waals surface area contributed by atoms with Gasteiger partial charge in [0.2, 0.25) is 10.0 Å². The maximum atomic E-state index is 12.4. The molecule has 1 atom stereocenters. The number of non-ortho nitro benzene ring substituents is 1. The summed E-state index contributed by atoms with van der Waals surface area (Å²) in [5, 5.41) is 19.7. The van der Waals surface area contributed by atoms with Gasteiger partial charge in [-0.15, -0.1) is 0 Å². The number of carboxylic acid groups (broad SMARTS) is 1. The minimum atomic E-state index is -4.00. The number of hydrogen-bond acceptors (Lipinski definition) is 5. The first-order valence-corrected chi connectivity index (χ1v) is 8.79. The number of nitrogens with one attached hydrogen (secondary N) is 1. The van der Waals surface area contributed by atoms with Crippen LogP contribution in [0, 0.1) is 10.1 Å². The van der Waals surface area contributed by atoms with Crippen molar-refractivity contribution in [3.63, 3.8) is 0 Å². The van der Waals surface area contributed by atoms with E-state index in [9.17, 15) is 23.3 Å². The average molecular weight is 364 g/mol. The van der Waals surface area contributed by atoms with Gasteiger partial charge in [0.05, 0.1) is 16.2 Å². The molecule has 25 heavy (non-hydrogen) atoms. The van der Waals surface area contributed by atoms with E-state index in [1.165, 1.54) is 0 Å². The molecule has 0 saturated heterocycles. The van der Waals surface area contributed by atoms with Crippen LogP contribution in [-0.4, -0.2) is 30.5 Å². The highest BCUT2D eigenvalue weighted by Gasteiger charge is 2.23. The molecule has 0 aliphatic carbocycles. The number of rotatable bonds is 8. The van der Waals surface area contributed by atoms with Gasteiger partial charge in [0.15, 0.2) is 0 Å². The Hall–Kier alpha value is -2.78. The van der Waals surface area contributed by atoms with Crippen LogP contribution in [0.1, 0.15) is 12.0 Å². The number of nitro groups is 1. The molecular formula is C16H16N2O6S. The van der Waals surface area contributed by atoms with Gasteiger partial charge in [0, 0.05) is 18.2 Å². The van der Waals surface area contributed by atoms with E-state index in [0.29, 0.717) is 0 Å². The third-order valence-corrected chi connectivity index (χ3v) is 4.96. The lowest BCUT2D eigenvalue weighted by Crippen LogP contribution is -2.38. The Morgan fingerprint density at radius 1 is 1.12 bits per heavy atom. The van der Waals surface area contributed by atoms with E-state index in [1.54, 1.807) is 30.3 Å². The highest BCUT2D eigenvalue weighted by atomic mass is 32.2. The largest absolute Gasteiger partial charge is 0.481 e. The van der Waals surface area contributed by atoms with Gasteiger partial charge < -0.3 is 5.11 Å². The Morgan fingerprint density at radius 3 is 2.24 bits per heavy atom. The predicted octanol–water partition coefficient (Wildman–Crippen LogP) is 1.96. The van der Waals surface area contributed by atoms with Gasteiger partial charge in [-0.3, -0.25) is 14.9 Å². The fourth-order valence-corrected chi connectivity index (χ4v) is 3.54. The van der Waals surface area contributed by atoms with Crippen molar-refractivity contribution in [2.24, 2.45) is 0 Å². The highest BCUT2D eigenvalue weighted by molar-refractivity contribution is 7.89. The second-order valence-corrected chi connectivity index (χ2v) is 7.07. The predicted molar refractivity (Wildman–Crippen MR) is 89.6 cm³/mol. The zero-order valence-corrected chi connectivity index (χ0v) is 13.8. The first-order valence-electron chi connectivity index (χ1n) is 7.30. The van der Waals surface area contributed by atoms with Crippen molar-refractivity contribution >= 4 is 21.7 Å². The molecule has 2 N–H and O–H groups in total. The number of nitro benzene ring substituents is 1. The lowest BCUT2D eigenvalue weighted by molar-refractivity contribution is -0.384. The molecule has 0 fully saturated rings. The summed E-state index contributed by atoms with van der Waals surface area (Å²) in [7, 11) is -4.00. The van der Waals surface area contributed by atoms with Gasteiger partial charge in [-0.05, 0) is 24.1 Å². The molecule has 0 aromatic heterocycles. The van der Waals surface area contributed by atoms with Gasteiger partial charge in [-0.25, -0.2) is 13.1 Å². The van der Waals surface area contributed by atoms with Crippen LogP contribution in [0.4, 0.5) is 5.69 Å². The minimum absolute atomic E-state index is 0.165. The van der Waals surface area contributed by atoms with E-state index < -0.39 is 27.0 Å². The summed E-state index contributed by atoms with van der Waals surface area (Å²) in [5.41, 5.74) is 0.561. The molecular weight excluding hydrogens is 348 g/mol. The number of nitrogens with zero attached hydrogens (tertiary/aromatic N) is 1. The zero-order valence-electron chi connectivity index (χ0n) is 13.0. The number of carbonyl (C=O) groups is 1. The van der Waals surface area contributed by atoms with E-state index in [0.717, 1.165) is 29.8 Å². The van der Waals surface area contributed by atoms with Crippen molar-refractivity contribution in [3.8, 4) is 0 Å². The van der Waals surface area contributed by atoms with Crippen LogP contribution in [0.15, 0.2) is 59.5 Å². The summed E-state index contributed by atoms with van der Waals surface area (Å²) >= 11 is 0. The van der Waals surface area contributed by atoms with Crippen LogP contribution in [0.2, 0.25) is 0 Å². The van der Waals surface area contributed by atoms with Crippen LogP contribution >= 0.6 is 0 Å². The second kappa shape index (κ2) is 7.86. The molecule has 9 heteroatoms. The molecule has 2 aromatic rings. The first-order chi connectivity index (χ1) is 11.8. The first kappa shape index (κ1) is 18.6. The van der Waals surface area contributed by atoms with E-state index in [-0.39, 0.29) is 23.4 Å². The molecule has 0 radical (unpaired) electrons. The van der Waals surface area contributed by atoms with Crippen molar-refractivity contribution in [2.45, 2.75) is 23.8 Å². The molecule has 0 heterocycles. The fraction of sp³-hybridized carbons (Fsp3) is 0.188. The standard InChI is InChI=1S/C16H16N2O6S/c19-16(20)11-13(10-12-4-2-1-3-5-12)17-25(23,24)15-8-6-14(7-9-15)18(21)22/h1-9,13,17H,10-11H2,(H,19,20)/t13-/m0/s1. The van der Waals surface area contributed by atoms with Crippen LogP contribution in [0.25, 0.3) is 0 Å². The molecule has 0 aliphatic heterocycles. The Labute approximate surface area is 144 Å². The topological polar surface area (TPSA) is 127 Å². The van der Waals surface area contributed by atoms with Crippen LogP contribution < -0.4 is 4.72 Å². The van der Waals surface area contributed by atoms with Crippen LogP contribution in [-0.2, 0) is 21.2 Å². The maximum Gasteiger partial charge on any atom is 0.304 e. The third-order valence-electron chi connectivity index (χ3n) is 3.43. The van der Waals surface area contributed by atoms with E-state index in [1.807, 2.05) is 0 Å². The maximum absolute atomic E-state index is 12.4. The number of carboxylic acids is 1. The summed E-state index contributed by atoms with van der Waals surface area (Å²) in [6, 6.07) is 12.4. The van der Waals surface area contributed by atoms with Crippen molar-refractivity contribution in [1.82, 2.24) is 4.72 Å². The number of benzene rings is 2. The quantitative estimate of drug-likeness (QED) is 0.544. The van der Waals surface area contributed by atoms with E-state index >= 15 is 0 Å². The molecule has 2 aromatic carbocycles. The summed E-state index contributed by atoms with van der Waals surface area (Å²) in [4.78, 5) is 20.9. The van der Waals surface area contributed by atoms with Crippen molar-refractivity contribution in [1.29, 1.82) is 0 Å². The molecule has 0 aliphatic rings. The van der Waals surface area contributed by atoms with E-state index in [4.69, 9.17) is 5.11 Å². The van der Waals surface area contributed by atoms with Gasteiger partial charge in [-0.2, -0.15) is 0 Å². The summed E-state index contributed by atoms with van der Waals surface area (Å²) < 4.78 is 27.2. The summed E-state index contributed by atoms with van der Waals surface area (Å²) in [6.45, 7) is 0. The number of aliphatic carboxylic acids is 1. The Morgan fingerprint density at radius 2 is 1.72 bits per heavy atom. The Bertz CT molecular complexity index is 850. The minimum Gasteiger partial charge on any atom is -0.481 e. The normalized spacial score (nSPS) is 12.5. The Kier molecular flexibility index (Phi) is 5.84. The van der Waals surface area contributed by atoms with Gasteiger partial charge in [0.25, 0.3) is 5.69 Å². The molecule has 0 bridgehead atoms. The molecule has 0 saturated carbocycles. The molecule has 8 nitrogen and oxygen atoms in total. The number of hydrogen-bond donors (Lipinski definition) is 2.